The van der Waals surface area contributed by atoms with E-state index >= 15 is 0 Å². The molecule has 0 radical (unpaired) electrons. The topological polar surface area (TPSA) is 6.48 Å². The van der Waals surface area contributed by atoms with Gasteiger partial charge >= 0.3 is 0 Å². The fourth-order valence-electron chi connectivity index (χ4n) is 3.61. The molecule has 0 N–H and O–H groups in total. The van der Waals surface area contributed by atoms with Crippen molar-refractivity contribution in [3.8, 4) is 0 Å². The van der Waals surface area contributed by atoms with Gasteiger partial charge in [-0.05, 0) is 36.0 Å². The summed E-state index contributed by atoms with van der Waals surface area (Å²) in [7, 11) is 0. The van der Waals surface area contributed by atoms with Crippen LogP contribution in [0, 0.1) is 0 Å². The highest BCUT2D eigenvalue weighted by Crippen LogP contribution is 2.38. The second-order valence-electron chi connectivity index (χ2n) is 7.19. The van der Waals surface area contributed by atoms with Gasteiger partial charge in [0, 0.05) is 17.4 Å². The molecule has 2 nitrogen and oxygen atoms in total. The highest BCUT2D eigenvalue weighted by molar-refractivity contribution is 5.63. The standard InChI is InChI=1S/C20H28N2/c1-14(2)18-10-7-11-19(15(3)4)20(18)21-12-17-9-6-8-16(5)22(17)13-21/h6-11,14-16H,12-13H2,1-5H3. The predicted molar refractivity (Wildman–Crippen MR) is 95.4 cm³/mol. The first-order valence-electron chi connectivity index (χ1n) is 8.50. The minimum Gasteiger partial charge on any atom is -0.349 e. The molecule has 22 heavy (non-hydrogen) atoms. The summed E-state index contributed by atoms with van der Waals surface area (Å²) >= 11 is 0. The minimum atomic E-state index is 0.499. The Morgan fingerprint density at radius 2 is 1.68 bits per heavy atom. The van der Waals surface area contributed by atoms with Crippen molar-refractivity contribution < 1.29 is 0 Å². The molecule has 0 aliphatic carbocycles. The van der Waals surface area contributed by atoms with E-state index in [4.69, 9.17) is 0 Å². The second-order valence-corrected chi connectivity index (χ2v) is 7.19. The fourth-order valence-corrected chi connectivity index (χ4v) is 3.61. The van der Waals surface area contributed by atoms with E-state index in [0.717, 1.165) is 13.2 Å². The van der Waals surface area contributed by atoms with E-state index in [1.165, 1.54) is 22.5 Å². The monoisotopic (exact) mass is 296 g/mol. The van der Waals surface area contributed by atoms with Crippen LogP contribution < -0.4 is 4.90 Å². The molecule has 1 fully saturated rings. The first kappa shape index (κ1) is 15.2. The summed E-state index contributed by atoms with van der Waals surface area (Å²) in [5.41, 5.74) is 5.87. The van der Waals surface area contributed by atoms with Crippen LogP contribution >= 0.6 is 0 Å². The maximum absolute atomic E-state index is 2.57. The molecule has 0 spiro atoms. The van der Waals surface area contributed by atoms with Crippen LogP contribution in [0.25, 0.3) is 0 Å². The largest absolute Gasteiger partial charge is 0.349 e. The quantitative estimate of drug-likeness (QED) is 0.786. The first-order valence-corrected chi connectivity index (χ1v) is 8.50. The zero-order chi connectivity index (χ0) is 15.9. The number of hydrogen-bond donors (Lipinski definition) is 0. The predicted octanol–water partition coefficient (Wildman–Crippen LogP) is 4.86. The van der Waals surface area contributed by atoms with Gasteiger partial charge in [0.05, 0.1) is 13.2 Å². The maximum atomic E-state index is 2.57. The van der Waals surface area contributed by atoms with Crippen LogP contribution in [-0.4, -0.2) is 24.2 Å². The molecule has 0 bridgehead atoms. The molecular formula is C20H28N2. The highest BCUT2D eigenvalue weighted by Gasteiger charge is 2.31. The van der Waals surface area contributed by atoms with Gasteiger partial charge in [-0.15, -0.1) is 0 Å². The molecule has 2 heteroatoms. The SMILES string of the molecule is CC(C)c1cccc(C(C)C)c1N1CC2=CC=CC(C)N2C1. The summed E-state index contributed by atoms with van der Waals surface area (Å²) in [4.78, 5) is 5.08. The van der Waals surface area contributed by atoms with Gasteiger partial charge in [-0.25, -0.2) is 0 Å². The average molecular weight is 296 g/mol. The average Bonchev–Trinajstić information content (AvgIpc) is 2.91. The normalized spacial score (nSPS) is 20.9. The Morgan fingerprint density at radius 3 is 2.23 bits per heavy atom. The van der Waals surface area contributed by atoms with E-state index in [2.05, 4.69) is 80.8 Å². The third kappa shape index (κ3) is 2.55. The number of rotatable bonds is 3. The summed E-state index contributed by atoms with van der Waals surface area (Å²) in [6.45, 7) is 13.5. The van der Waals surface area contributed by atoms with Gasteiger partial charge in [0.15, 0.2) is 0 Å². The molecule has 118 valence electrons. The molecule has 1 unspecified atom stereocenters. The first-order chi connectivity index (χ1) is 10.5. The number of allylic oxidation sites excluding steroid dienone is 2. The Hall–Kier alpha value is -1.70. The third-order valence-electron chi connectivity index (χ3n) is 4.87. The molecule has 2 aliphatic heterocycles. The van der Waals surface area contributed by atoms with E-state index < -0.39 is 0 Å². The molecule has 3 rings (SSSR count). The van der Waals surface area contributed by atoms with Crippen LogP contribution in [0.1, 0.15) is 57.6 Å². The molecule has 2 aliphatic rings. The van der Waals surface area contributed by atoms with Crippen molar-refractivity contribution in [1.82, 2.24) is 4.90 Å². The summed E-state index contributed by atoms with van der Waals surface area (Å²) in [6, 6.07) is 7.33. The Morgan fingerprint density at radius 1 is 1.05 bits per heavy atom. The lowest BCUT2D eigenvalue weighted by Gasteiger charge is -2.30. The van der Waals surface area contributed by atoms with Gasteiger partial charge in [0.2, 0.25) is 0 Å². The fraction of sp³-hybridized carbons (Fsp3) is 0.500. The van der Waals surface area contributed by atoms with Crippen LogP contribution in [0.15, 0.2) is 42.1 Å². The maximum Gasteiger partial charge on any atom is 0.0910 e. The lowest BCUT2D eigenvalue weighted by Crippen LogP contribution is -2.32. The van der Waals surface area contributed by atoms with Crippen LogP contribution in [0.5, 0.6) is 0 Å². The van der Waals surface area contributed by atoms with Gasteiger partial charge in [-0.1, -0.05) is 58.0 Å². The van der Waals surface area contributed by atoms with Gasteiger partial charge in [-0.2, -0.15) is 0 Å². The molecular weight excluding hydrogens is 268 g/mol. The molecule has 1 aromatic rings. The van der Waals surface area contributed by atoms with E-state index in [-0.39, 0.29) is 0 Å². The highest BCUT2D eigenvalue weighted by atomic mass is 15.4. The van der Waals surface area contributed by atoms with Crippen molar-refractivity contribution in [1.29, 1.82) is 0 Å². The number of fused-ring (bicyclic) bond motifs is 1. The van der Waals surface area contributed by atoms with E-state index in [1.54, 1.807) is 0 Å². The third-order valence-corrected chi connectivity index (χ3v) is 4.87. The summed E-state index contributed by atoms with van der Waals surface area (Å²) in [5.74, 6) is 1.10. The number of anilines is 1. The molecule has 1 aromatic carbocycles. The van der Waals surface area contributed by atoms with Crippen molar-refractivity contribution in [2.24, 2.45) is 0 Å². The van der Waals surface area contributed by atoms with Crippen LogP contribution in [0.2, 0.25) is 0 Å². The van der Waals surface area contributed by atoms with Crippen LogP contribution in [-0.2, 0) is 0 Å². The van der Waals surface area contributed by atoms with Crippen molar-refractivity contribution in [3.63, 3.8) is 0 Å². The zero-order valence-electron chi connectivity index (χ0n) is 14.5. The van der Waals surface area contributed by atoms with Crippen molar-refractivity contribution in [2.45, 2.75) is 52.5 Å². The smallest absolute Gasteiger partial charge is 0.0910 e. The van der Waals surface area contributed by atoms with Gasteiger partial charge in [-0.3, -0.25) is 0 Å². The Bertz CT molecular complexity index is 584. The minimum absolute atomic E-state index is 0.499. The number of nitrogens with zero attached hydrogens (tertiary/aromatic N) is 2. The molecule has 0 amide bonds. The molecule has 2 heterocycles. The summed E-state index contributed by atoms with van der Waals surface area (Å²) < 4.78 is 0. The van der Waals surface area contributed by atoms with Crippen LogP contribution in [0.3, 0.4) is 0 Å². The lowest BCUT2D eigenvalue weighted by molar-refractivity contribution is 0.347. The molecule has 0 saturated carbocycles. The summed E-state index contributed by atoms with van der Waals surface area (Å²) in [5, 5.41) is 0. The number of para-hydroxylation sites is 1. The van der Waals surface area contributed by atoms with E-state index in [9.17, 15) is 0 Å². The Labute approximate surface area is 135 Å². The summed E-state index contributed by atoms with van der Waals surface area (Å²) in [6.07, 6.45) is 6.76. The van der Waals surface area contributed by atoms with Crippen molar-refractivity contribution >= 4 is 5.69 Å². The van der Waals surface area contributed by atoms with Crippen molar-refractivity contribution in [3.05, 3.63) is 53.3 Å². The Balaban J connectivity index is 2.02. The van der Waals surface area contributed by atoms with Gasteiger partial charge in [0.25, 0.3) is 0 Å². The molecule has 1 saturated heterocycles. The van der Waals surface area contributed by atoms with Crippen molar-refractivity contribution in [2.75, 3.05) is 18.1 Å². The van der Waals surface area contributed by atoms with E-state index in [1.807, 2.05) is 0 Å². The van der Waals surface area contributed by atoms with Crippen LogP contribution in [0.4, 0.5) is 5.69 Å². The lowest BCUT2D eigenvalue weighted by atomic mass is 9.92. The Kier molecular flexibility index (Phi) is 4.03. The zero-order valence-corrected chi connectivity index (χ0v) is 14.5. The van der Waals surface area contributed by atoms with Gasteiger partial charge in [0.1, 0.15) is 0 Å². The molecule has 0 aromatic heterocycles. The number of hydrogen-bond acceptors (Lipinski definition) is 2. The van der Waals surface area contributed by atoms with Gasteiger partial charge < -0.3 is 9.80 Å². The number of benzene rings is 1. The molecule has 1 atom stereocenters. The second kappa shape index (κ2) is 5.83. The van der Waals surface area contributed by atoms with E-state index in [0.29, 0.717) is 17.9 Å².